The lowest BCUT2D eigenvalue weighted by Gasteiger charge is -2.07. The van der Waals surface area contributed by atoms with E-state index in [9.17, 15) is 0 Å². The summed E-state index contributed by atoms with van der Waals surface area (Å²) in [5.41, 5.74) is 1.06. The summed E-state index contributed by atoms with van der Waals surface area (Å²) in [5, 5.41) is 7.43. The molecule has 0 aliphatic heterocycles. The highest BCUT2D eigenvalue weighted by molar-refractivity contribution is 5.29. The molecule has 2 rings (SSSR count). The smallest absolute Gasteiger partial charge is 0.337 e. The molecule has 0 aliphatic rings. The van der Waals surface area contributed by atoms with Gasteiger partial charge < -0.3 is 10.1 Å². The van der Waals surface area contributed by atoms with E-state index in [-0.39, 0.29) is 0 Å². The molecule has 0 aromatic carbocycles. The molecule has 0 radical (unpaired) electrons. The minimum Gasteiger partial charge on any atom is -0.466 e. The van der Waals surface area contributed by atoms with Crippen molar-refractivity contribution >= 4 is 5.78 Å². The van der Waals surface area contributed by atoms with Crippen LogP contribution in [0.15, 0.2) is 12.4 Å². The Kier molecular flexibility index (Phi) is 3.00. The Morgan fingerprint density at radius 1 is 1.50 bits per heavy atom. The van der Waals surface area contributed by atoms with Gasteiger partial charge in [0.2, 0.25) is 0 Å². The van der Waals surface area contributed by atoms with E-state index in [0.29, 0.717) is 17.8 Å². The van der Waals surface area contributed by atoms with Crippen LogP contribution >= 0.6 is 0 Å². The number of methoxy groups -OCH3 is 1. The number of nitrogens with zero attached hydrogens (tertiary/aromatic N) is 4. The summed E-state index contributed by atoms with van der Waals surface area (Å²) in [7, 11) is 1.54. The van der Waals surface area contributed by atoms with Crippen LogP contribution in [0.4, 0.5) is 0 Å². The molecule has 2 aromatic heterocycles. The van der Waals surface area contributed by atoms with Crippen molar-refractivity contribution in [3.8, 4) is 6.01 Å². The van der Waals surface area contributed by atoms with E-state index in [1.807, 2.05) is 6.20 Å². The largest absolute Gasteiger partial charge is 0.466 e. The highest BCUT2D eigenvalue weighted by Gasteiger charge is 2.05. The minimum absolute atomic E-state index is 0.335. The highest BCUT2D eigenvalue weighted by Crippen LogP contribution is 2.05. The number of aromatic nitrogens is 4. The van der Waals surface area contributed by atoms with Gasteiger partial charge in [-0.1, -0.05) is 13.8 Å². The molecule has 1 N–H and O–H groups in total. The molecule has 0 unspecified atom stereocenters. The van der Waals surface area contributed by atoms with E-state index in [4.69, 9.17) is 4.74 Å². The van der Waals surface area contributed by atoms with Crippen molar-refractivity contribution in [2.24, 2.45) is 0 Å². The van der Waals surface area contributed by atoms with Gasteiger partial charge in [0.05, 0.1) is 7.11 Å². The molecule has 86 valence electrons. The summed E-state index contributed by atoms with van der Waals surface area (Å²) in [4.78, 5) is 8.26. The molecule has 0 bridgehead atoms. The van der Waals surface area contributed by atoms with E-state index >= 15 is 0 Å². The molecule has 0 fully saturated rings. The maximum Gasteiger partial charge on any atom is 0.337 e. The van der Waals surface area contributed by atoms with E-state index in [0.717, 1.165) is 12.1 Å². The summed E-state index contributed by atoms with van der Waals surface area (Å²) >= 11 is 0. The average molecular weight is 221 g/mol. The first-order valence-corrected chi connectivity index (χ1v) is 5.17. The van der Waals surface area contributed by atoms with Crippen molar-refractivity contribution < 1.29 is 4.74 Å². The third-order valence-corrected chi connectivity index (χ3v) is 2.12. The van der Waals surface area contributed by atoms with Crippen LogP contribution in [0.25, 0.3) is 5.78 Å². The van der Waals surface area contributed by atoms with Crippen molar-refractivity contribution in [3.05, 3.63) is 18.0 Å². The van der Waals surface area contributed by atoms with Crippen molar-refractivity contribution in [2.45, 2.75) is 26.4 Å². The van der Waals surface area contributed by atoms with E-state index < -0.39 is 0 Å². The molecule has 0 atom stereocenters. The van der Waals surface area contributed by atoms with E-state index in [1.165, 1.54) is 7.11 Å². The van der Waals surface area contributed by atoms with Gasteiger partial charge in [-0.25, -0.2) is 9.50 Å². The Hall–Kier alpha value is -1.69. The average Bonchev–Trinajstić information content (AvgIpc) is 2.68. The third-order valence-electron chi connectivity index (χ3n) is 2.12. The number of ether oxygens (including phenoxy) is 1. The van der Waals surface area contributed by atoms with Gasteiger partial charge in [0.1, 0.15) is 0 Å². The van der Waals surface area contributed by atoms with Crippen LogP contribution in [0.1, 0.15) is 19.4 Å². The van der Waals surface area contributed by atoms with Gasteiger partial charge in [0.15, 0.2) is 0 Å². The Labute approximate surface area is 93.7 Å². The van der Waals surface area contributed by atoms with Crippen LogP contribution in [0.2, 0.25) is 0 Å². The van der Waals surface area contributed by atoms with Crippen LogP contribution in [0.5, 0.6) is 6.01 Å². The Bertz CT molecular complexity index is 479. The second kappa shape index (κ2) is 4.44. The predicted molar refractivity (Wildman–Crippen MR) is 59.3 cm³/mol. The fourth-order valence-electron chi connectivity index (χ4n) is 1.30. The molecule has 0 saturated carbocycles. The zero-order chi connectivity index (χ0) is 11.5. The van der Waals surface area contributed by atoms with Gasteiger partial charge in [-0.3, -0.25) is 0 Å². The molecular formula is C10H15N5O. The van der Waals surface area contributed by atoms with Crippen molar-refractivity contribution in [2.75, 3.05) is 7.11 Å². The van der Waals surface area contributed by atoms with Crippen LogP contribution in [0, 0.1) is 0 Å². The molecule has 0 spiro atoms. The fraction of sp³-hybridized carbons (Fsp3) is 0.500. The maximum absolute atomic E-state index is 4.94. The summed E-state index contributed by atoms with van der Waals surface area (Å²) in [6.45, 7) is 4.97. The monoisotopic (exact) mass is 221 g/mol. The maximum atomic E-state index is 4.94. The number of hydrogen-bond acceptors (Lipinski definition) is 5. The van der Waals surface area contributed by atoms with Gasteiger partial charge in [0, 0.05) is 30.5 Å². The molecule has 0 saturated heterocycles. The summed E-state index contributed by atoms with van der Waals surface area (Å²) in [6, 6.07) is 0.780. The van der Waals surface area contributed by atoms with E-state index in [1.54, 1.807) is 10.7 Å². The van der Waals surface area contributed by atoms with Gasteiger partial charge in [-0.2, -0.15) is 4.98 Å². The SMILES string of the molecule is COc1nc2ncc(CNC(C)C)cn2n1. The van der Waals surface area contributed by atoms with Crippen molar-refractivity contribution in [1.29, 1.82) is 0 Å². The van der Waals surface area contributed by atoms with Gasteiger partial charge in [0.25, 0.3) is 5.78 Å². The van der Waals surface area contributed by atoms with Crippen LogP contribution in [-0.4, -0.2) is 32.7 Å². The topological polar surface area (TPSA) is 64.3 Å². The van der Waals surface area contributed by atoms with Crippen molar-refractivity contribution in [1.82, 2.24) is 24.9 Å². The fourth-order valence-corrected chi connectivity index (χ4v) is 1.30. The lowest BCUT2D eigenvalue weighted by Crippen LogP contribution is -2.22. The lowest BCUT2D eigenvalue weighted by atomic mass is 10.3. The standard InChI is InChI=1S/C10H15N5O/c1-7(2)11-4-8-5-12-9-13-10(16-3)14-15(9)6-8/h5-7,11H,4H2,1-3H3. The molecule has 2 heterocycles. The summed E-state index contributed by atoms with van der Waals surface area (Å²) in [6.07, 6.45) is 3.69. The van der Waals surface area contributed by atoms with Gasteiger partial charge in [-0.05, 0) is 0 Å². The minimum atomic E-state index is 0.335. The number of fused-ring (bicyclic) bond motifs is 1. The molecule has 6 nitrogen and oxygen atoms in total. The highest BCUT2D eigenvalue weighted by atomic mass is 16.5. The summed E-state index contributed by atoms with van der Waals surface area (Å²) in [5.74, 6) is 0.546. The molecule has 2 aromatic rings. The normalized spacial score (nSPS) is 11.2. The molecule has 0 amide bonds. The number of nitrogens with one attached hydrogen (secondary N) is 1. The van der Waals surface area contributed by atoms with Gasteiger partial charge in [-0.15, -0.1) is 5.10 Å². The second-order valence-corrected chi connectivity index (χ2v) is 3.84. The van der Waals surface area contributed by atoms with Crippen LogP contribution in [0.3, 0.4) is 0 Å². The lowest BCUT2D eigenvalue weighted by molar-refractivity contribution is 0.380. The Balaban J connectivity index is 2.22. The Morgan fingerprint density at radius 2 is 2.31 bits per heavy atom. The third kappa shape index (κ3) is 2.27. The zero-order valence-corrected chi connectivity index (χ0v) is 9.64. The first kappa shape index (κ1) is 10.8. The number of rotatable bonds is 4. The molecule has 0 aliphatic carbocycles. The van der Waals surface area contributed by atoms with Crippen molar-refractivity contribution in [3.63, 3.8) is 0 Å². The Morgan fingerprint density at radius 3 is 3.00 bits per heavy atom. The van der Waals surface area contributed by atoms with Crippen LogP contribution in [-0.2, 0) is 6.54 Å². The van der Waals surface area contributed by atoms with Crippen LogP contribution < -0.4 is 10.1 Å². The first-order valence-electron chi connectivity index (χ1n) is 5.17. The predicted octanol–water partition coefficient (Wildman–Crippen LogP) is 0.631. The van der Waals surface area contributed by atoms with E-state index in [2.05, 4.69) is 34.2 Å². The quantitative estimate of drug-likeness (QED) is 0.820. The zero-order valence-electron chi connectivity index (χ0n) is 9.64. The molecule has 16 heavy (non-hydrogen) atoms. The molecular weight excluding hydrogens is 206 g/mol. The summed E-state index contributed by atoms with van der Waals surface area (Å²) < 4.78 is 6.56. The number of hydrogen-bond donors (Lipinski definition) is 1. The van der Waals surface area contributed by atoms with Gasteiger partial charge >= 0.3 is 6.01 Å². The molecule has 6 heteroatoms. The second-order valence-electron chi connectivity index (χ2n) is 3.84. The first-order chi connectivity index (χ1) is 7.69.